The molecule has 1 rings (SSSR count). The first kappa shape index (κ1) is 16.4. The van der Waals surface area contributed by atoms with Gasteiger partial charge in [0.15, 0.2) is 0 Å². The molecule has 0 unspecified atom stereocenters. The predicted octanol–water partition coefficient (Wildman–Crippen LogP) is 2.57. The first-order valence-electron chi connectivity index (χ1n) is 7.23. The SMILES string of the molecule is CCCO[Si](CCCO)(OCCC)c1ccccc1. The molecule has 3 nitrogen and oxygen atoms in total. The third-order valence-corrected chi connectivity index (χ3v) is 6.52. The van der Waals surface area contributed by atoms with Crippen LogP contribution in [0.1, 0.15) is 33.1 Å². The number of hydrogen-bond acceptors (Lipinski definition) is 3. The number of benzene rings is 1. The highest BCUT2D eigenvalue weighted by atomic mass is 28.4. The Morgan fingerprint density at radius 1 is 1.00 bits per heavy atom. The highest BCUT2D eigenvalue weighted by Gasteiger charge is 2.39. The lowest BCUT2D eigenvalue weighted by molar-refractivity contribution is 0.175. The summed E-state index contributed by atoms with van der Waals surface area (Å²) < 4.78 is 12.3. The molecule has 0 aliphatic rings. The topological polar surface area (TPSA) is 38.7 Å². The molecule has 0 bridgehead atoms. The summed E-state index contributed by atoms with van der Waals surface area (Å²) in [7, 11) is -2.39. The maximum Gasteiger partial charge on any atom is 0.372 e. The second-order valence-electron chi connectivity index (χ2n) is 4.64. The predicted molar refractivity (Wildman–Crippen MR) is 80.8 cm³/mol. The van der Waals surface area contributed by atoms with Crippen LogP contribution in [0.25, 0.3) is 0 Å². The first-order valence-corrected chi connectivity index (χ1v) is 9.25. The highest BCUT2D eigenvalue weighted by Crippen LogP contribution is 2.17. The average Bonchev–Trinajstić information content (AvgIpc) is 2.48. The quantitative estimate of drug-likeness (QED) is 0.670. The van der Waals surface area contributed by atoms with Gasteiger partial charge in [0, 0.05) is 19.8 Å². The van der Waals surface area contributed by atoms with Crippen molar-refractivity contribution in [1.29, 1.82) is 0 Å². The van der Waals surface area contributed by atoms with Crippen molar-refractivity contribution in [1.82, 2.24) is 0 Å². The maximum atomic E-state index is 9.14. The minimum Gasteiger partial charge on any atom is -0.396 e. The van der Waals surface area contributed by atoms with Gasteiger partial charge in [-0.15, -0.1) is 0 Å². The molecule has 1 N–H and O–H groups in total. The van der Waals surface area contributed by atoms with E-state index in [-0.39, 0.29) is 6.61 Å². The number of aliphatic hydroxyl groups is 1. The fourth-order valence-corrected chi connectivity index (χ4v) is 5.42. The van der Waals surface area contributed by atoms with Crippen LogP contribution in [-0.2, 0) is 8.85 Å². The molecule has 0 heterocycles. The minimum absolute atomic E-state index is 0.187. The normalized spacial score (nSPS) is 11.7. The van der Waals surface area contributed by atoms with E-state index in [1.807, 2.05) is 18.2 Å². The summed E-state index contributed by atoms with van der Waals surface area (Å²) in [6, 6.07) is 11.1. The van der Waals surface area contributed by atoms with Crippen LogP contribution in [0.3, 0.4) is 0 Å². The van der Waals surface area contributed by atoms with E-state index in [9.17, 15) is 0 Å². The molecule has 0 radical (unpaired) electrons. The van der Waals surface area contributed by atoms with Crippen LogP contribution in [0.5, 0.6) is 0 Å². The zero-order valence-electron chi connectivity index (χ0n) is 12.1. The number of rotatable bonds is 10. The third kappa shape index (κ3) is 5.07. The number of hydrogen-bond donors (Lipinski definition) is 1. The van der Waals surface area contributed by atoms with Gasteiger partial charge in [0.1, 0.15) is 0 Å². The second-order valence-corrected chi connectivity index (χ2v) is 7.80. The van der Waals surface area contributed by atoms with Crippen LogP contribution in [0.4, 0.5) is 0 Å². The van der Waals surface area contributed by atoms with Crippen molar-refractivity contribution >= 4 is 13.7 Å². The van der Waals surface area contributed by atoms with Crippen molar-refractivity contribution in [3.8, 4) is 0 Å². The Balaban J connectivity index is 2.94. The van der Waals surface area contributed by atoms with Gasteiger partial charge in [0.05, 0.1) is 0 Å². The summed E-state index contributed by atoms with van der Waals surface area (Å²) in [6.07, 6.45) is 2.70. The molecular weight excluding hydrogens is 256 g/mol. The molecule has 0 spiro atoms. The van der Waals surface area contributed by atoms with Crippen molar-refractivity contribution in [2.45, 2.75) is 39.2 Å². The van der Waals surface area contributed by atoms with Crippen LogP contribution in [0.15, 0.2) is 30.3 Å². The van der Waals surface area contributed by atoms with Gasteiger partial charge in [-0.25, -0.2) is 0 Å². The Bertz CT molecular complexity index is 308. The van der Waals surface area contributed by atoms with E-state index in [1.54, 1.807) is 0 Å². The van der Waals surface area contributed by atoms with E-state index in [0.29, 0.717) is 0 Å². The molecule has 0 amide bonds. The molecule has 0 aliphatic carbocycles. The minimum atomic E-state index is -2.39. The fraction of sp³-hybridized carbons (Fsp3) is 0.600. The summed E-state index contributed by atoms with van der Waals surface area (Å²) in [5.74, 6) is 0. The first-order chi connectivity index (χ1) is 9.29. The Labute approximate surface area is 117 Å². The summed E-state index contributed by atoms with van der Waals surface area (Å²) in [4.78, 5) is 0. The Morgan fingerprint density at radius 3 is 2.05 bits per heavy atom. The summed E-state index contributed by atoms with van der Waals surface area (Å²) in [5, 5.41) is 10.3. The monoisotopic (exact) mass is 282 g/mol. The standard InChI is InChI=1S/C15H26O3Si/c1-3-12-17-19(14-8-11-16,18-13-4-2)15-9-6-5-7-10-15/h5-7,9-10,16H,3-4,8,11-14H2,1-2H3. The number of aliphatic hydroxyl groups excluding tert-OH is 1. The van der Waals surface area contributed by atoms with E-state index in [1.165, 1.54) is 5.19 Å². The molecule has 4 heteroatoms. The van der Waals surface area contributed by atoms with Crippen LogP contribution in [-0.4, -0.2) is 33.5 Å². The van der Waals surface area contributed by atoms with Gasteiger partial charge >= 0.3 is 8.56 Å². The van der Waals surface area contributed by atoms with Gasteiger partial charge in [0.2, 0.25) is 0 Å². The molecule has 1 aromatic rings. The summed E-state index contributed by atoms with van der Waals surface area (Å²) in [5.41, 5.74) is 0. The Morgan fingerprint density at radius 2 is 1.58 bits per heavy atom. The van der Waals surface area contributed by atoms with Crippen molar-refractivity contribution < 1.29 is 14.0 Å². The van der Waals surface area contributed by atoms with E-state index in [2.05, 4.69) is 26.0 Å². The lowest BCUT2D eigenvalue weighted by Crippen LogP contribution is -2.54. The zero-order chi connectivity index (χ0) is 14.0. The van der Waals surface area contributed by atoms with Gasteiger partial charge in [-0.2, -0.15) is 0 Å². The molecular formula is C15H26O3Si. The van der Waals surface area contributed by atoms with E-state index in [0.717, 1.165) is 38.5 Å². The second kappa shape index (κ2) is 9.26. The fourth-order valence-electron chi connectivity index (χ4n) is 2.03. The van der Waals surface area contributed by atoms with Gasteiger partial charge in [-0.3, -0.25) is 0 Å². The van der Waals surface area contributed by atoms with Crippen LogP contribution < -0.4 is 5.19 Å². The van der Waals surface area contributed by atoms with Crippen molar-refractivity contribution in [2.75, 3.05) is 19.8 Å². The highest BCUT2D eigenvalue weighted by molar-refractivity contribution is 6.81. The van der Waals surface area contributed by atoms with Crippen molar-refractivity contribution in [3.05, 3.63) is 30.3 Å². The van der Waals surface area contributed by atoms with Gasteiger partial charge in [-0.05, 0) is 30.5 Å². The van der Waals surface area contributed by atoms with E-state index < -0.39 is 8.56 Å². The summed E-state index contributed by atoms with van der Waals surface area (Å²) >= 11 is 0. The third-order valence-electron chi connectivity index (χ3n) is 2.96. The largest absolute Gasteiger partial charge is 0.396 e. The van der Waals surface area contributed by atoms with E-state index >= 15 is 0 Å². The van der Waals surface area contributed by atoms with Crippen molar-refractivity contribution in [2.24, 2.45) is 0 Å². The Kier molecular flexibility index (Phi) is 7.98. The molecule has 0 aromatic heterocycles. The van der Waals surface area contributed by atoms with Gasteiger partial charge in [0.25, 0.3) is 0 Å². The molecule has 108 valence electrons. The van der Waals surface area contributed by atoms with Crippen LogP contribution in [0.2, 0.25) is 6.04 Å². The maximum absolute atomic E-state index is 9.14. The van der Waals surface area contributed by atoms with Crippen LogP contribution in [0, 0.1) is 0 Å². The molecule has 0 aliphatic heterocycles. The molecule has 0 saturated carbocycles. The smallest absolute Gasteiger partial charge is 0.372 e. The Hall–Kier alpha value is -0.683. The zero-order valence-corrected chi connectivity index (χ0v) is 13.1. The lowest BCUT2D eigenvalue weighted by Gasteiger charge is -2.31. The van der Waals surface area contributed by atoms with E-state index in [4.69, 9.17) is 14.0 Å². The molecule has 1 aromatic carbocycles. The molecule has 19 heavy (non-hydrogen) atoms. The van der Waals surface area contributed by atoms with Gasteiger partial charge < -0.3 is 14.0 Å². The molecule has 0 saturated heterocycles. The van der Waals surface area contributed by atoms with Crippen LogP contribution >= 0.6 is 0 Å². The molecule has 0 fully saturated rings. The average molecular weight is 282 g/mol. The lowest BCUT2D eigenvalue weighted by atomic mass is 10.4. The van der Waals surface area contributed by atoms with Crippen molar-refractivity contribution in [3.63, 3.8) is 0 Å². The van der Waals surface area contributed by atoms with Gasteiger partial charge in [-0.1, -0.05) is 44.2 Å². The molecule has 0 atom stereocenters. The summed E-state index contributed by atoms with van der Waals surface area (Å²) in [6.45, 7) is 5.84.